The van der Waals surface area contributed by atoms with Gasteiger partial charge in [-0.2, -0.15) is 5.26 Å². The van der Waals surface area contributed by atoms with Crippen LogP contribution in [0.3, 0.4) is 0 Å². The monoisotopic (exact) mass is 216 g/mol. The van der Waals surface area contributed by atoms with E-state index in [1.54, 1.807) is 0 Å². The molecule has 1 aliphatic rings. The van der Waals surface area contributed by atoms with Gasteiger partial charge in [0.2, 0.25) is 0 Å². The molecule has 0 radical (unpaired) electrons. The van der Waals surface area contributed by atoms with Crippen molar-refractivity contribution in [2.75, 3.05) is 11.5 Å². The first-order valence-corrected chi connectivity index (χ1v) is 6.69. The lowest BCUT2D eigenvalue weighted by atomic mass is 10.1. The predicted octanol–water partition coefficient (Wildman–Crippen LogP) is 0.455. The van der Waals surface area contributed by atoms with E-state index in [9.17, 15) is 8.42 Å². The normalized spacial score (nSPS) is 27.9. The number of hydrogen-bond acceptors (Lipinski definition) is 4. The molecule has 1 saturated heterocycles. The Kier molecular flexibility index (Phi) is 3.90. The molecular weight excluding hydrogens is 200 g/mol. The van der Waals surface area contributed by atoms with Crippen molar-refractivity contribution < 1.29 is 8.42 Å². The van der Waals surface area contributed by atoms with Crippen LogP contribution < -0.4 is 5.32 Å². The average molecular weight is 216 g/mol. The summed E-state index contributed by atoms with van der Waals surface area (Å²) in [6, 6.07) is 2.19. The minimum Gasteiger partial charge on any atom is -0.309 e. The average Bonchev–Trinajstić information content (AvgIpc) is 2.02. The van der Waals surface area contributed by atoms with E-state index in [2.05, 4.69) is 11.4 Å². The zero-order valence-corrected chi connectivity index (χ0v) is 9.18. The van der Waals surface area contributed by atoms with Crippen molar-refractivity contribution in [2.24, 2.45) is 0 Å². The highest BCUT2D eigenvalue weighted by molar-refractivity contribution is 7.91. The Labute approximate surface area is 85.2 Å². The Balaban J connectivity index is 2.43. The highest BCUT2D eigenvalue weighted by atomic mass is 32.2. The minimum absolute atomic E-state index is 0.0390. The standard InChI is InChI=1S/C9H16N2O2S/c1-8(4-5-10)11-9-3-2-6-14(12,13)7-9/h8-9,11H,2-4,6-7H2,1H3. The second-order valence-corrected chi connectivity index (χ2v) is 6.11. The highest BCUT2D eigenvalue weighted by Gasteiger charge is 2.25. The summed E-state index contributed by atoms with van der Waals surface area (Å²) < 4.78 is 22.6. The highest BCUT2D eigenvalue weighted by Crippen LogP contribution is 2.12. The maximum absolute atomic E-state index is 11.3. The molecule has 0 aliphatic carbocycles. The predicted molar refractivity (Wildman–Crippen MR) is 54.5 cm³/mol. The van der Waals surface area contributed by atoms with Gasteiger partial charge in [0.1, 0.15) is 0 Å². The third-order valence-electron chi connectivity index (χ3n) is 2.38. The number of rotatable bonds is 3. The van der Waals surface area contributed by atoms with Crippen molar-refractivity contribution in [1.82, 2.24) is 5.32 Å². The van der Waals surface area contributed by atoms with Crippen molar-refractivity contribution >= 4 is 9.84 Å². The van der Waals surface area contributed by atoms with Gasteiger partial charge in [-0.25, -0.2) is 8.42 Å². The molecule has 1 rings (SSSR count). The van der Waals surface area contributed by atoms with E-state index in [0.717, 1.165) is 12.8 Å². The Morgan fingerprint density at radius 1 is 1.64 bits per heavy atom. The van der Waals surface area contributed by atoms with E-state index >= 15 is 0 Å². The summed E-state index contributed by atoms with van der Waals surface area (Å²) in [7, 11) is -2.84. The zero-order chi connectivity index (χ0) is 10.6. The van der Waals surface area contributed by atoms with Crippen LogP contribution in [-0.4, -0.2) is 32.0 Å². The molecule has 2 unspecified atom stereocenters. The van der Waals surface area contributed by atoms with Crippen molar-refractivity contribution in [1.29, 1.82) is 5.26 Å². The second kappa shape index (κ2) is 4.76. The van der Waals surface area contributed by atoms with Crippen molar-refractivity contribution in [3.05, 3.63) is 0 Å². The summed E-state index contributed by atoms with van der Waals surface area (Å²) in [5.41, 5.74) is 0. The van der Waals surface area contributed by atoms with Crippen LogP contribution in [0, 0.1) is 11.3 Å². The number of hydrogen-bond donors (Lipinski definition) is 1. The fraction of sp³-hybridized carbons (Fsp3) is 0.889. The molecule has 0 spiro atoms. The Morgan fingerprint density at radius 3 is 2.93 bits per heavy atom. The summed E-state index contributed by atoms with van der Waals surface area (Å²) in [5, 5.41) is 11.6. The van der Waals surface area contributed by atoms with Gasteiger partial charge in [-0.3, -0.25) is 0 Å². The minimum atomic E-state index is -2.84. The molecule has 0 saturated carbocycles. The molecule has 1 N–H and O–H groups in total. The SMILES string of the molecule is CC(CC#N)NC1CCCS(=O)(=O)C1. The first-order valence-electron chi connectivity index (χ1n) is 4.87. The van der Waals surface area contributed by atoms with Crippen molar-refractivity contribution in [3.8, 4) is 6.07 Å². The largest absolute Gasteiger partial charge is 0.309 e. The molecule has 80 valence electrons. The quantitative estimate of drug-likeness (QED) is 0.744. The Morgan fingerprint density at radius 2 is 2.36 bits per heavy atom. The lowest BCUT2D eigenvalue weighted by Crippen LogP contribution is -2.44. The third-order valence-corrected chi connectivity index (χ3v) is 4.20. The summed E-state index contributed by atoms with van der Waals surface area (Å²) in [5.74, 6) is 0.542. The first kappa shape index (κ1) is 11.5. The van der Waals surface area contributed by atoms with E-state index in [1.807, 2.05) is 6.92 Å². The maximum atomic E-state index is 11.3. The van der Waals surface area contributed by atoms with Gasteiger partial charge in [-0.1, -0.05) is 0 Å². The molecule has 0 aromatic carbocycles. The number of sulfone groups is 1. The van der Waals surface area contributed by atoms with Crippen LogP contribution in [-0.2, 0) is 9.84 Å². The molecule has 0 aromatic heterocycles. The fourth-order valence-electron chi connectivity index (χ4n) is 1.75. The molecule has 0 amide bonds. The van der Waals surface area contributed by atoms with Crippen LogP contribution in [0.5, 0.6) is 0 Å². The molecule has 14 heavy (non-hydrogen) atoms. The van der Waals surface area contributed by atoms with Crippen LogP contribution in [0.1, 0.15) is 26.2 Å². The Bertz CT molecular complexity index is 318. The summed E-state index contributed by atoms with van der Waals surface area (Å²) in [6.07, 6.45) is 2.06. The summed E-state index contributed by atoms with van der Waals surface area (Å²) in [6.45, 7) is 1.91. The van der Waals surface area contributed by atoms with Crippen LogP contribution in [0.2, 0.25) is 0 Å². The van der Waals surface area contributed by atoms with Gasteiger partial charge in [0.15, 0.2) is 9.84 Å². The lowest BCUT2D eigenvalue weighted by Gasteiger charge is -2.25. The molecule has 2 atom stereocenters. The summed E-state index contributed by atoms with van der Waals surface area (Å²) in [4.78, 5) is 0. The molecule has 0 bridgehead atoms. The van der Waals surface area contributed by atoms with E-state index < -0.39 is 9.84 Å². The molecular formula is C9H16N2O2S. The zero-order valence-electron chi connectivity index (χ0n) is 8.36. The number of nitrogens with one attached hydrogen (secondary N) is 1. The number of nitriles is 1. The molecule has 4 nitrogen and oxygen atoms in total. The van der Waals surface area contributed by atoms with Gasteiger partial charge in [0.05, 0.1) is 24.0 Å². The second-order valence-electron chi connectivity index (χ2n) is 3.88. The van der Waals surface area contributed by atoms with Crippen molar-refractivity contribution in [3.63, 3.8) is 0 Å². The van der Waals surface area contributed by atoms with Gasteiger partial charge in [0.25, 0.3) is 0 Å². The van der Waals surface area contributed by atoms with Crippen LogP contribution in [0.4, 0.5) is 0 Å². The molecule has 1 aliphatic heterocycles. The third kappa shape index (κ3) is 3.64. The lowest BCUT2D eigenvalue weighted by molar-refractivity contribution is 0.433. The maximum Gasteiger partial charge on any atom is 0.151 e. The van der Waals surface area contributed by atoms with E-state index in [1.165, 1.54) is 0 Å². The van der Waals surface area contributed by atoms with E-state index in [-0.39, 0.29) is 17.8 Å². The number of nitrogens with zero attached hydrogens (tertiary/aromatic N) is 1. The fourth-order valence-corrected chi connectivity index (χ4v) is 3.40. The van der Waals surface area contributed by atoms with Crippen molar-refractivity contribution in [2.45, 2.75) is 38.3 Å². The molecule has 1 heterocycles. The van der Waals surface area contributed by atoms with E-state index in [0.29, 0.717) is 12.2 Å². The van der Waals surface area contributed by atoms with E-state index in [4.69, 9.17) is 5.26 Å². The van der Waals surface area contributed by atoms with Crippen LogP contribution in [0.25, 0.3) is 0 Å². The van der Waals surface area contributed by atoms with Gasteiger partial charge >= 0.3 is 0 Å². The van der Waals surface area contributed by atoms with Gasteiger partial charge in [-0.15, -0.1) is 0 Å². The van der Waals surface area contributed by atoms with Gasteiger partial charge < -0.3 is 5.32 Å². The smallest absolute Gasteiger partial charge is 0.151 e. The van der Waals surface area contributed by atoms with Crippen LogP contribution >= 0.6 is 0 Å². The molecule has 5 heteroatoms. The first-order chi connectivity index (χ1) is 6.53. The van der Waals surface area contributed by atoms with Crippen LogP contribution in [0.15, 0.2) is 0 Å². The Hall–Kier alpha value is -0.600. The topological polar surface area (TPSA) is 70.0 Å². The van der Waals surface area contributed by atoms with Gasteiger partial charge in [-0.05, 0) is 19.8 Å². The summed E-state index contributed by atoms with van der Waals surface area (Å²) >= 11 is 0. The molecule has 0 aromatic rings. The van der Waals surface area contributed by atoms with Gasteiger partial charge in [0, 0.05) is 12.1 Å². The molecule has 1 fully saturated rings.